The molecule has 2 fully saturated rings. The summed E-state index contributed by atoms with van der Waals surface area (Å²) in [5.74, 6) is 0. The number of halogens is 4. The second kappa shape index (κ2) is 30.7. The first-order chi connectivity index (χ1) is 20.5. The molecule has 2 saturated heterocycles. The summed E-state index contributed by atoms with van der Waals surface area (Å²) in [6.07, 6.45) is 2.66. The molecule has 0 spiro atoms. The summed E-state index contributed by atoms with van der Waals surface area (Å²) < 4.78 is 136. The summed E-state index contributed by atoms with van der Waals surface area (Å²) in [5.41, 5.74) is 0. The van der Waals surface area contributed by atoms with Crippen molar-refractivity contribution in [1.29, 1.82) is 0 Å². The molecule has 0 aromatic carbocycles. The minimum absolute atomic E-state index is 0. The van der Waals surface area contributed by atoms with Gasteiger partial charge in [-0.1, -0.05) is 0 Å². The fourth-order valence-corrected chi connectivity index (χ4v) is 3.72. The van der Waals surface area contributed by atoms with Crippen LogP contribution in [0.25, 0.3) is 0 Å². The molecule has 0 aliphatic carbocycles. The largest absolute Gasteiger partial charge is 2.00 e. The van der Waals surface area contributed by atoms with Gasteiger partial charge in [-0.2, -0.15) is 0 Å². The maximum Gasteiger partial charge on any atom is 2.00 e. The Bertz CT molecular complexity index is 600. The van der Waals surface area contributed by atoms with Crippen LogP contribution in [-0.2, 0) is 34.1 Å². The Hall–Kier alpha value is 1.32. The Balaban J connectivity index is -0.000000229. The zero-order valence-corrected chi connectivity index (χ0v) is 31.6. The van der Waals surface area contributed by atoms with Gasteiger partial charge in [0.2, 0.25) is 0 Å². The number of likely N-dealkylation sites (N-methyl/N-ethyl adjacent to an activating group) is 4. The van der Waals surface area contributed by atoms with Crippen molar-refractivity contribution in [3.05, 3.63) is 0 Å². The molecule has 0 N–H and O–H groups in total. The van der Waals surface area contributed by atoms with E-state index in [4.69, 9.17) is 74.5 Å². The molecule has 48 heavy (non-hydrogen) atoms. The summed E-state index contributed by atoms with van der Waals surface area (Å²) in [7, 11) is -10.7. The smallest absolute Gasteiger partial charge is 0.304 e. The minimum atomic E-state index is -4.94. The van der Waals surface area contributed by atoms with Crippen LogP contribution in [0.2, 0.25) is 0 Å². The van der Waals surface area contributed by atoms with E-state index in [1.807, 2.05) is 0 Å². The SMILES string of the molecule is CN1CCN(C)CCN(CCCCN2CCN(C)CCN(C)CC2)CC1.[Cu+2].[Cu+2].[O-][Cl+3]([O-])([O-])[O-].[O-][Cl+3]([O-])([O-])[O-].[O-][Cl+3]([O-])([O-])[O-].[O-][Cl+3]([O-])([O-])[O-]. The van der Waals surface area contributed by atoms with Gasteiger partial charge < -0.3 is 29.4 Å². The predicted molar refractivity (Wildman–Crippen MR) is 112 cm³/mol. The van der Waals surface area contributed by atoms with E-state index >= 15 is 0 Å². The van der Waals surface area contributed by atoms with Gasteiger partial charge in [0.25, 0.3) is 0 Å². The Morgan fingerprint density at radius 2 is 0.438 bits per heavy atom. The van der Waals surface area contributed by atoms with E-state index in [0.29, 0.717) is 0 Å². The van der Waals surface area contributed by atoms with Crippen molar-refractivity contribution in [2.24, 2.45) is 0 Å². The molecule has 2 heterocycles. The van der Waals surface area contributed by atoms with Gasteiger partial charge in [-0.05, 0) is 54.1 Å². The maximum atomic E-state index is 8.49. The van der Waals surface area contributed by atoms with Gasteiger partial charge in [0.05, 0.1) is 0 Å². The fourth-order valence-electron chi connectivity index (χ4n) is 3.72. The van der Waals surface area contributed by atoms with E-state index in [1.54, 1.807) is 0 Å². The average Bonchev–Trinajstić information content (AvgIpc) is 2.94. The van der Waals surface area contributed by atoms with Crippen molar-refractivity contribution in [3.63, 3.8) is 0 Å². The van der Waals surface area contributed by atoms with Crippen molar-refractivity contribution < 1.29 is 150 Å². The molecule has 0 amide bonds. The first kappa shape index (κ1) is 58.6. The maximum absolute atomic E-state index is 8.49. The van der Waals surface area contributed by atoms with Gasteiger partial charge in [0.1, 0.15) is 0 Å². The Kier molecular flexibility index (Phi) is 37.6. The molecule has 0 atom stereocenters. The van der Waals surface area contributed by atoms with Crippen LogP contribution < -0.4 is 74.5 Å². The minimum Gasteiger partial charge on any atom is -0.304 e. The number of nitrogens with zero attached hydrogens (tertiary/aromatic N) is 6. The zero-order chi connectivity index (χ0) is 36.8. The van der Waals surface area contributed by atoms with Crippen LogP contribution in [0.4, 0.5) is 0 Å². The Morgan fingerprint density at radius 3 is 0.583 bits per heavy atom. The van der Waals surface area contributed by atoms with E-state index in [0.717, 1.165) is 0 Å². The molecular formula is C20H44Cl4Cu2N6O16. The molecule has 22 nitrogen and oxygen atoms in total. The van der Waals surface area contributed by atoms with Crippen molar-refractivity contribution in [2.45, 2.75) is 12.8 Å². The predicted octanol–water partition coefficient (Wildman–Crippen LogP) is -18.9. The van der Waals surface area contributed by atoms with Gasteiger partial charge >= 0.3 is 34.1 Å². The van der Waals surface area contributed by atoms with Crippen LogP contribution in [0, 0.1) is 41.0 Å². The van der Waals surface area contributed by atoms with E-state index < -0.39 is 41.0 Å². The van der Waals surface area contributed by atoms with Gasteiger partial charge in [-0.25, -0.2) is 74.5 Å². The molecular weight excluding hydrogens is 849 g/mol. The van der Waals surface area contributed by atoms with Crippen molar-refractivity contribution >= 4 is 0 Å². The number of rotatable bonds is 5. The Morgan fingerprint density at radius 1 is 0.312 bits per heavy atom. The fraction of sp³-hybridized carbons (Fsp3) is 1.00. The summed E-state index contributed by atoms with van der Waals surface area (Å²) in [6, 6.07) is 0. The number of hydrogen-bond acceptors (Lipinski definition) is 22. The molecule has 0 aromatic heterocycles. The summed E-state index contributed by atoms with van der Waals surface area (Å²) >= 11 is 0. The third-order valence-corrected chi connectivity index (χ3v) is 6.12. The van der Waals surface area contributed by atoms with E-state index in [9.17, 15) is 0 Å². The van der Waals surface area contributed by atoms with Gasteiger partial charge in [0, 0.05) is 78.5 Å². The molecule has 0 bridgehead atoms. The van der Waals surface area contributed by atoms with Crippen LogP contribution in [0.1, 0.15) is 12.8 Å². The molecule has 300 valence electrons. The molecule has 0 saturated carbocycles. The number of hydrogen-bond donors (Lipinski definition) is 0. The number of unbranched alkanes of at least 4 members (excludes halogenated alkanes) is 1. The van der Waals surface area contributed by atoms with Crippen LogP contribution in [0.15, 0.2) is 0 Å². The van der Waals surface area contributed by atoms with Crippen LogP contribution in [0.3, 0.4) is 0 Å². The molecule has 0 aromatic rings. The van der Waals surface area contributed by atoms with Gasteiger partial charge in [0.15, 0.2) is 0 Å². The van der Waals surface area contributed by atoms with Crippen molar-refractivity contribution in [2.75, 3.05) is 120 Å². The molecule has 2 radical (unpaired) electrons. The van der Waals surface area contributed by atoms with Gasteiger partial charge in [-0.15, -0.1) is 41.0 Å². The first-order valence-electron chi connectivity index (χ1n) is 13.2. The normalized spacial score (nSPS) is 19.0. The molecule has 2 rings (SSSR count). The van der Waals surface area contributed by atoms with Crippen LogP contribution in [-0.4, -0.2) is 149 Å². The van der Waals surface area contributed by atoms with E-state index in [1.165, 1.54) is 104 Å². The van der Waals surface area contributed by atoms with E-state index in [-0.39, 0.29) is 34.1 Å². The molecule has 2 aliphatic rings. The molecule has 0 unspecified atom stereocenters. The van der Waals surface area contributed by atoms with Crippen molar-refractivity contribution in [3.8, 4) is 0 Å². The van der Waals surface area contributed by atoms with Gasteiger partial charge in [-0.3, -0.25) is 0 Å². The van der Waals surface area contributed by atoms with Crippen LogP contribution in [0.5, 0.6) is 0 Å². The second-order valence-corrected chi connectivity index (χ2v) is 13.1. The monoisotopic (exact) mass is 890 g/mol. The quantitative estimate of drug-likeness (QED) is 0.183. The third kappa shape index (κ3) is 69.1. The topological polar surface area (TPSA) is 388 Å². The standard InChI is InChI=1S/C20H44N6.4ClHO4.2Cu/c1-21-9-10-22(2)14-18-25(17-13-21)7-5-6-8-26-19-15-23(3)11-12-24(4)16-20-26;4*2-1(3,4)5;;/h5-20H2,1-4H3;4*(H,2,3,4,5);;/q;;;;;2*+2/p-4. The average molecular weight is 894 g/mol. The van der Waals surface area contributed by atoms with E-state index in [2.05, 4.69) is 57.6 Å². The van der Waals surface area contributed by atoms with Crippen LogP contribution >= 0.6 is 0 Å². The third-order valence-electron chi connectivity index (χ3n) is 6.12. The summed E-state index contributed by atoms with van der Waals surface area (Å²) in [6.45, 7) is 17.0. The second-order valence-electron chi connectivity index (χ2n) is 10.1. The molecule has 28 heteroatoms. The zero-order valence-electron chi connectivity index (χ0n) is 26.6. The Labute approximate surface area is 310 Å². The molecule has 2 aliphatic heterocycles. The van der Waals surface area contributed by atoms with Crippen molar-refractivity contribution in [1.82, 2.24) is 29.4 Å². The first-order valence-corrected chi connectivity index (χ1v) is 18.1. The summed E-state index contributed by atoms with van der Waals surface area (Å²) in [5, 5.41) is 0. The summed E-state index contributed by atoms with van der Waals surface area (Å²) in [4.78, 5) is 15.3.